The summed E-state index contributed by atoms with van der Waals surface area (Å²) >= 11 is 5.22. The second kappa shape index (κ2) is 15.4. The molecular formula is C25H41N3O3S2. The van der Waals surface area contributed by atoms with Crippen LogP contribution in [0.2, 0.25) is 0 Å². The van der Waals surface area contributed by atoms with Crippen molar-refractivity contribution in [2.75, 3.05) is 18.4 Å². The molecule has 2 rings (SSSR count). The summed E-state index contributed by atoms with van der Waals surface area (Å²) in [4.78, 5) is 12.4. The number of unbranched alkanes of at least 4 members (excludes halogenated alkanes) is 10. The molecule has 0 bridgehead atoms. The number of benzene rings is 1. The molecule has 0 saturated carbocycles. The maximum atomic E-state index is 12.6. The van der Waals surface area contributed by atoms with Crippen LogP contribution in [0.1, 0.15) is 96.8 Å². The molecule has 1 aliphatic rings. The first-order valence-corrected chi connectivity index (χ1v) is 14.5. The highest BCUT2D eigenvalue weighted by atomic mass is 32.2. The van der Waals surface area contributed by atoms with Gasteiger partial charge in [-0.3, -0.25) is 4.79 Å². The fourth-order valence-corrected chi connectivity index (χ4v) is 5.84. The number of thiocarbonyl (C=S) groups is 1. The Morgan fingerprint density at radius 1 is 0.879 bits per heavy atom. The van der Waals surface area contributed by atoms with E-state index in [2.05, 4.69) is 17.6 Å². The molecule has 2 N–H and O–H groups in total. The summed E-state index contributed by atoms with van der Waals surface area (Å²) in [6.45, 7) is 3.41. The number of nitrogens with zero attached hydrogens (tertiary/aromatic N) is 1. The first-order chi connectivity index (χ1) is 15.9. The SMILES string of the molecule is CCCCCCCCCCCCCC(=O)NC(=S)Nc1ccc(S(=O)(=O)N2CCCC2)cc1. The topological polar surface area (TPSA) is 78.5 Å². The van der Waals surface area contributed by atoms with E-state index in [4.69, 9.17) is 12.2 Å². The Hall–Kier alpha value is -1.51. The van der Waals surface area contributed by atoms with E-state index in [-0.39, 0.29) is 15.9 Å². The zero-order valence-electron chi connectivity index (χ0n) is 20.1. The molecule has 1 saturated heterocycles. The Balaban J connectivity index is 1.57. The van der Waals surface area contributed by atoms with Crippen LogP contribution in [0.15, 0.2) is 29.2 Å². The third kappa shape index (κ3) is 10.5. The molecule has 0 spiro atoms. The smallest absolute Gasteiger partial charge is 0.243 e. The zero-order chi connectivity index (χ0) is 23.9. The number of anilines is 1. The molecule has 186 valence electrons. The van der Waals surface area contributed by atoms with E-state index in [1.54, 1.807) is 24.3 Å². The molecule has 0 unspecified atom stereocenters. The minimum absolute atomic E-state index is 0.0864. The van der Waals surface area contributed by atoms with Gasteiger partial charge >= 0.3 is 0 Å². The summed E-state index contributed by atoms with van der Waals surface area (Å²) in [6, 6.07) is 6.49. The Bertz CT molecular complexity index is 820. The first-order valence-electron chi connectivity index (χ1n) is 12.6. The quantitative estimate of drug-likeness (QED) is 0.231. The highest BCUT2D eigenvalue weighted by Gasteiger charge is 2.26. The average molecular weight is 496 g/mol. The van der Waals surface area contributed by atoms with E-state index in [9.17, 15) is 13.2 Å². The zero-order valence-corrected chi connectivity index (χ0v) is 21.7. The van der Waals surface area contributed by atoms with Gasteiger partial charge < -0.3 is 10.6 Å². The number of nitrogens with one attached hydrogen (secondary N) is 2. The summed E-state index contributed by atoms with van der Waals surface area (Å²) in [5.74, 6) is -0.0864. The van der Waals surface area contributed by atoms with Gasteiger partial charge in [-0.25, -0.2) is 8.42 Å². The summed E-state index contributed by atoms with van der Waals surface area (Å²) in [6.07, 6.45) is 16.0. The third-order valence-electron chi connectivity index (χ3n) is 6.08. The van der Waals surface area contributed by atoms with E-state index in [1.165, 1.54) is 62.1 Å². The number of carbonyl (C=O) groups is 1. The van der Waals surface area contributed by atoms with Crippen LogP contribution in [0.5, 0.6) is 0 Å². The summed E-state index contributed by atoms with van der Waals surface area (Å²) < 4.78 is 26.7. The number of hydrogen-bond acceptors (Lipinski definition) is 4. The molecule has 1 aromatic carbocycles. The fraction of sp³-hybridized carbons (Fsp3) is 0.680. The lowest BCUT2D eigenvalue weighted by atomic mass is 10.1. The van der Waals surface area contributed by atoms with Gasteiger partial charge in [-0.15, -0.1) is 0 Å². The van der Waals surface area contributed by atoms with Crippen molar-refractivity contribution in [2.45, 2.75) is 102 Å². The predicted octanol–water partition coefficient (Wildman–Crippen LogP) is 5.99. The van der Waals surface area contributed by atoms with Crippen LogP contribution in [-0.4, -0.2) is 36.8 Å². The van der Waals surface area contributed by atoms with E-state index < -0.39 is 10.0 Å². The molecule has 33 heavy (non-hydrogen) atoms. The molecule has 0 radical (unpaired) electrons. The van der Waals surface area contributed by atoms with Gasteiger partial charge in [0.25, 0.3) is 0 Å². The summed E-state index contributed by atoms with van der Waals surface area (Å²) in [5.41, 5.74) is 0.648. The fourth-order valence-electron chi connectivity index (χ4n) is 4.09. The largest absolute Gasteiger partial charge is 0.332 e. The summed E-state index contributed by atoms with van der Waals surface area (Å²) in [5, 5.41) is 5.90. The highest BCUT2D eigenvalue weighted by molar-refractivity contribution is 7.89. The van der Waals surface area contributed by atoms with Crippen molar-refractivity contribution in [1.29, 1.82) is 0 Å². The van der Waals surface area contributed by atoms with Gasteiger partial charge in [0, 0.05) is 25.2 Å². The van der Waals surface area contributed by atoms with Crippen molar-refractivity contribution in [2.24, 2.45) is 0 Å². The van der Waals surface area contributed by atoms with Crippen molar-refractivity contribution in [3.05, 3.63) is 24.3 Å². The first kappa shape index (κ1) is 27.7. The lowest BCUT2D eigenvalue weighted by molar-refractivity contribution is -0.119. The van der Waals surface area contributed by atoms with Crippen molar-refractivity contribution < 1.29 is 13.2 Å². The van der Waals surface area contributed by atoms with Crippen LogP contribution in [0.25, 0.3) is 0 Å². The van der Waals surface area contributed by atoms with Gasteiger partial charge in [0.05, 0.1) is 4.90 Å². The number of carbonyl (C=O) groups excluding carboxylic acids is 1. The van der Waals surface area contributed by atoms with Gasteiger partial charge in [-0.05, 0) is 55.7 Å². The van der Waals surface area contributed by atoms with Crippen molar-refractivity contribution in [1.82, 2.24) is 9.62 Å². The number of hydrogen-bond donors (Lipinski definition) is 2. The molecule has 0 atom stereocenters. The number of amides is 1. The van der Waals surface area contributed by atoms with Crippen LogP contribution in [-0.2, 0) is 14.8 Å². The Morgan fingerprint density at radius 2 is 1.39 bits per heavy atom. The van der Waals surface area contributed by atoms with Crippen molar-refractivity contribution in [3.8, 4) is 0 Å². The van der Waals surface area contributed by atoms with E-state index in [1.807, 2.05) is 0 Å². The molecular weight excluding hydrogens is 454 g/mol. The lowest BCUT2D eigenvalue weighted by Gasteiger charge is -2.16. The minimum atomic E-state index is -3.43. The maximum absolute atomic E-state index is 12.6. The van der Waals surface area contributed by atoms with Gasteiger partial charge in [-0.1, -0.05) is 71.1 Å². The van der Waals surface area contributed by atoms with E-state index >= 15 is 0 Å². The molecule has 1 fully saturated rings. The van der Waals surface area contributed by atoms with Gasteiger partial charge in [0.15, 0.2) is 5.11 Å². The highest BCUT2D eigenvalue weighted by Crippen LogP contribution is 2.22. The second-order valence-corrected chi connectivity index (χ2v) is 11.3. The predicted molar refractivity (Wildman–Crippen MR) is 140 cm³/mol. The maximum Gasteiger partial charge on any atom is 0.243 e. The van der Waals surface area contributed by atoms with Crippen LogP contribution in [0, 0.1) is 0 Å². The normalized spacial score (nSPS) is 14.3. The lowest BCUT2D eigenvalue weighted by Crippen LogP contribution is -2.33. The average Bonchev–Trinajstić information content (AvgIpc) is 3.34. The molecule has 0 aliphatic carbocycles. The molecule has 1 heterocycles. The van der Waals surface area contributed by atoms with Crippen molar-refractivity contribution in [3.63, 3.8) is 0 Å². The van der Waals surface area contributed by atoms with E-state index in [0.717, 1.165) is 25.7 Å². The third-order valence-corrected chi connectivity index (χ3v) is 8.19. The van der Waals surface area contributed by atoms with Crippen LogP contribution >= 0.6 is 12.2 Å². The second-order valence-electron chi connectivity index (χ2n) is 8.92. The van der Waals surface area contributed by atoms with Gasteiger partial charge in [0.2, 0.25) is 15.9 Å². The molecule has 1 aromatic rings. The number of sulfonamides is 1. The van der Waals surface area contributed by atoms with Gasteiger partial charge in [0.1, 0.15) is 0 Å². The molecule has 8 heteroatoms. The van der Waals surface area contributed by atoms with Gasteiger partial charge in [-0.2, -0.15) is 4.31 Å². The Kier molecular flexibility index (Phi) is 12.9. The summed E-state index contributed by atoms with van der Waals surface area (Å²) in [7, 11) is -3.43. The molecule has 1 aliphatic heterocycles. The molecule has 0 aromatic heterocycles. The molecule has 1 amide bonds. The van der Waals surface area contributed by atoms with Crippen molar-refractivity contribution >= 4 is 38.9 Å². The van der Waals surface area contributed by atoms with E-state index in [0.29, 0.717) is 25.2 Å². The standard InChI is InChI=1S/C25H41N3O3S2/c1-2-3-4-5-6-7-8-9-10-11-12-15-24(29)27-25(32)26-22-16-18-23(19-17-22)33(30,31)28-20-13-14-21-28/h16-19H,2-15,20-21H2,1H3,(H2,26,27,29,32). The van der Waals surface area contributed by atoms with Crippen LogP contribution in [0.3, 0.4) is 0 Å². The number of rotatable bonds is 15. The van der Waals surface area contributed by atoms with Crippen LogP contribution < -0.4 is 10.6 Å². The molecule has 6 nitrogen and oxygen atoms in total. The van der Waals surface area contributed by atoms with Crippen LogP contribution in [0.4, 0.5) is 5.69 Å². The minimum Gasteiger partial charge on any atom is -0.332 e. The Morgan fingerprint density at radius 3 is 1.94 bits per heavy atom. The Labute approximate surface area is 206 Å². The monoisotopic (exact) mass is 495 g/mol.